The van der Waals surface area contributed by atoms with Crippen LogP contribution in [0.2, 0.25) is 0 Å². The van der Waals surface area contributed by atoms with E-state index in [-0.39, 0.29) is 5.95 Å². The second-order valence-electron chi connectivity index (χ2n) is 5.89. The van der Waals surface area contributed by atoms with Crippen molar-refractivity contribution in [2.45, 2.75) is 64.4 Å². The third kappa shape index (κ3) is 4.79. The molecule has 1 aliphatic rings. The van der Waals surface area contributed by atoms with Crippen molar-refractivity contribution in [1.82, 2.24) is 9.97 Å². The quantitative estimate of drug-likeness (QED) is 0.668. The maximum Gasteiger partial charge on any atom is 0.254 e. The molecule has 1 amide bonds. The topological polar surface area (TPSA) is 113 Å². The van der Waals surface area contributed by atoms with Gasteiger partial charge < -0.3 is 21.5 Å². The fraction of sp³-hybridized carbons (Fsp3) is 0.688. The summed E-state index contributed by atoms with van der Waals surface area (Å²) in [4.78, 5) is 19.8. The second-order valence-corrected chi connectivity index (χ2v) is 5.89. The molecule has 7 heteroatoms. The molecule has 0 radical (unpaired) electrons. The van der Waals surface area contributed by atoms with Gasteiger partial charge in [0.15, 0.2) is 0 Å². The number of nitrogens with zero attached hydrogens (tertiary/aromatic N) is 2. The van der Waals surface area contributed by atoms with E-state index in [9.17, 15) is 9.90 Å². The SMILES string of the molecule is [2H]C1C([2H])(O)C([2H])(C([2H])([2H])[2H])C([2H])([2H])C([2H])([2H])C1([2H])Nc1nc(NC(C)(C)C)ncc1C(N)=O. The third-order valence-electron chi connectivity index (χ3n) is 2.65. The minimum absolute atomic E-state index is 0.122. The van der Waals surface area contributed by atoms with Crippen molar-refractivity contribution in [2.75, 3.05) is 10.6 Å². The van der Waals surface area contributed by atoms with Crippen LogP contribution < -0.4 is 16.4 Å². The number of carbonyl (C=O) groups excluding carboxylic acids is 1. The number of amides is 1. The van der Waals surface area contributed by atoms with Gasteiger partial charge in [-0.2, -0.15) is 4.98 Å². The van der Waals surface area contributed by atoms with Gasteiger partial charge in [0.2, 0.25) is 5.95 Å². The van der Waals surface area contributed by atoms with Gasteiger partial charge in [-0.05, 0) is 45.8 Å². The highest BCUT2D eigenvalue weighted by Crippen LogP contribution is 2.27. The van der Waals surface area contributed by atoms with Crippen LogP contribution in [0.3, 0.4) is 0 Å². The lowest BCUT2D eigenvalue weighted by atomic mass is 9.85. The molecule has 7 nitrogen and oxygen atoms in total. The summed E-state index contributed by atoms with van der Waals surface area (Å²) in [6.45, 7) is 1.47. The van der Waals surface area contributed by atoms with Crippen LogP contribution in [-0.2, 0) is 0 Å². The average Bonchev–Trinajstić information content (AvgIpc) is 2.62. The Balaban J connectivity index is 2.78. The van der Waals surface area contributed by atoms with Crippen molar-refractivity contribution in [1.29, 1.82) is 0 Å². The molecule has 1 aromatic rings. The molecular formula is C16H27N5O2. The van der Waals surface area contributed by atoms with E-state index in [0.717, 1.165) is 6.20 Å². The van der Waals surface area contributed by atoms with Gasteiger partial charge >= 0.3 is 0 Å². The maximum atomic E-state index is 11.9. The first-order valence-corrected chi connectivity index (χ1v) is 6.76. The monoisotopic (exact) mass is 332 g/mol. The van der Waals surface area contributed by atoms with E-state index in [4.69, 9.17) is 20.8 Å². The summed E-state index contributed by atoms with van der Waals surface area (Å²) in [5.74, 6) is -5.74. The number of rotatable bonds is 4. The summed E-state index contributed by atoms with van der Waals surface area (Å²) >= 11 is 0. The van der Waals surface area contributed by atoms with E-state index in [1.165, 1.54) is 0 Å². The predicted octanol–water partition coefficient (Wildman–Crippen LogP) is 1.75. The average molecular weight is 332 g/mol. The molecule has 0 saturated heterocycles. The number of carbonyl (C=O) groups is 1. The van der Waals surface area contributed by atoms with Crippen LogP contribution in [0.1, 0.15) is 72.2 Å². The molecule has 0 aliphatic heterocycles. The Labute approximate surface area is 152 Å². The van der Waals surface area contributed by atoms with Crippen LogP contribution in [0.4, 0.5) is 11.8 Å². The minimum Gasteiger partial charge on any atom is -0.393 e. The lowest BCUT2D eigenvalue weighted by molar-refractivity contribution is 0.0739. The second kappa shape index (κ2) is 6.70. The van der Waals surface area contributed by atoms with E-state index < -0.39 is 66.8 Å². The Morgan fingerprint density at radius 2 is 2.30 bits per heavy atom. The molecule has 1 aromatic heterocycles. The molecule has 4 atom stereocenters. The molecule has 1 fully saturated rings. The molecule has 0 aromatic carbocycles. The molecule has 2 rings (SSSR count). The van der Waals surface area contributed by atoms with Crippen molar-refractivity contribution in [3.63, 3.8) is 0 Å². The van der Waals surface area contributed by atoms with E-state index in [1.807, 2.05) is 0 Å². The van der Waals surface area contributed by atoms with Gasteiger partial charge in [-0.3, -0.25) is 4.79 Å². The first-order chi connectivity index (χ1) is 14.9. The van der Waals surface area contributed by atoms with Crippen molar-refractivity contribution >= 4 is 17.7 Å². The molecule has 4 unspecified atom stereocenters. The largest absolute Gasteiger partial charge is 0.393 e. The summed E-state index contributed by atoms with van der Waals surface area (Å²) in [6.07, 6.45) is -13.3. The number of aliphatic hydroxyl groups is 1. The molecule has 0 spiro atoms. The van der Waals surface area contributed by atoms with Gasteiger partial charge in [0, 0.05) is 30.1 Å². The van der Waals surface area contributed by atoms with Gasteiger partial charge in [0.1, 0.15) is 5.82 Å². The maximum absolute atomic E-state index is 11.9. The number of hydrogen-bond acceptors (Lipinski definition) is 6. The third-order valence-corrected chi connectivity index (χ3v) is 2.65. The standard InChI is InChI=1S/C16H27N5O2/c1-9-5-6-10(7-12(9)22)19-14-11(13(17)23)8-18-15(20-14)21-16(2,3)4/h8-10,12,22H,5-7H2,1-4H3,(H2,17,23)(H2,18,19,20,21)/i1D3,5D2,6D2,7D,9D,10D,12D. The van der Waals surface area contributed by atoms with Crippen LogP contribution in [0, 0.1) is 5.89 Å². The van der Waals surface area contributed by atoms with Gasteiger partial charge in [-0.15, -0.1) is 0 Å². The number of aromatic nitrogens is 2. The molecule has 0 bridgehead atoms. The van der Waals surface area contributed by atoms with Crippen molar-refractivity contribution in [2.24, 2.45) is 11.6 Å². The van der Waals surface area contributed by atoms with Gasteiger partial charge in [0.25, 0.3) is 5.91 Å². The highest BCUT2D eigenvalue weighted by atomic mass is 16.3. The van der Waals surface area contributed by atoms with Gasteiger partial charge in [0.05, 0.1) is 14.4 Å². The minimum atomic E-state index is -3.89. The molecule has 1 saturated carbocycles. The van der Waals surface area contributed by atoms with Crippen LogP contribution in [0.25, 0.3) is 0 Å². The smallest absolute Gasteiger partial charge is 0.254 e. The molecular weight excluding hydrogens is 294 g/mol. The Hall–Kier alpha value is -1.89. The molecule has 128 valence electrons. The summed E-state index contributed by atoms with van der Waals surface area (Å²) < 4.78 is 89.0. The normalized spacial score (nSPS) is 49.7. The predicted molar refractivity (Wildman–Crippen MR) is 90.4 cm³/mol. The highest BCUT2D eigenvalue weighted by molar-refractivity contribution is 5.97. The number of primary amides is 1. The summed E-state index contributed by atoms with van der Waals surface area (Å²) in [7, 11) is 0. The fourth-order valence-electron chi connectivity index (χ4n) is 1.69. The van der Waals surface area contributed by atoms with Gasteiger partial charge in [-0.25, -0.2) is 4.98 Å². The lowest BCUT2D eigenvalue weighted by Gasteiger charge is -2.32. The zero-order valence-electron chi connectivity index (χ0n) is 24.0. The first-order valence-electron chi connectivity index (χ1n) is 12.3. The van der Waals surface area contributed by atoms with Crippen LogP contribution in [0.5, 0.6) is 0 Å². The van der Waals surface area contributed by atoms with Crippen molar-refractivity contribution < 1.29 is 25.0 Å². The molecule has 1 heterocycles. The Bertz CT molecular complexity index is 981. The number of nitrogens with two attached hydrogens (primary N) is 1. The Morgan fingerprint density at radius 1 is 1.57 bits per heavy atom. The summed E-state index contributed by atoms with van der Waals surface area (Å²) in [5.41, 5.74) is 4.23. The van der Waals surface area contributed by atoms with E-state index >= 15 is 0 Å². The van der Waals surface area contributed by atoms with Crippen molar-refractivity contribution in [3.8, 4) is 0 Å². The Morgan fingerprint density at radius 3 is 2.91 bits per heavy atom. The number of anilines is 2. The highest BCUT2D eigenvalue weighted by Gasteiger charge is 2.27. The number of nitrogens with one attached hydrogen (secondary N) is 2. The summed E-state index contributed by atoms with van der Waals surface area (Å²) in [5, 5.41) is 15.6. The number of hydrogen-bond donors (Lipinski definition) is 4. The van der Waals surface area contributed by atoms with E-state index in [0.29, 0.717) is 0 Å². The molecule has 5 N–H and O–H groups in total. The first kappa shape index (κ1) is 7.79. The fourth-order valence-corrected chi connectivity index (χ4v) is 1.69. The van der Waals surface area contributed by atoms with Crippen LogP contribution in [0.15, 0.2) is 6.20 Å². The van der Waals surface area contributed by atoms with Crippen molar-refractivity contribution in [3.05, 3.63) is 11.8 Å². The zero-order chi connectivity index (χ0) is 26.9. The van der Waals surface area contributed by atoms with E-state index in [1.54, 1.807) is 20.8 Å². The lowest BCUT2D eigenvalue weighted by Crippen LogP contribution is -2.36. The molecule has 1 aliphatic carbocycles. The summed E-state index contributed by atoms with van der Waals surface area (Å²) in [6, 6.07) is -3.33. The zero-order valence-corrected chi connectivity index (χ0v) is 13.0. The van der Waals surface area contributed by atoms with Crippen LogP contribution >= 0.6 is 0 Å². The molecule has 23 heavy (non-hydrogen) atoms. The van der Waals surface area contributed by atoms with Gasteiger partial charge in [-0.1, -0.05) is 6.85 Å². The van der Waals surface area contributed by atoms with E-state index in [2.05, 4.69) is 20.6 Å². The Kier molecular flexibility index (Phi) is 2.27. The van der Waals surface area contributed by atoms with Crippen LogP contribution in [-0.4, -0.2) is 38.6 Å².